The predicted molar refractivity (Wildman–Crippen MR) is 91.6 cm³/mol. The van der Waals surface area contributed by atoms with Crippen molar-refractivity contribution in [1.29, 1.82) is 0 Å². The van der Waals surface area contributed by atoms with E-state index < -0.39 is 29.7 Å². The van der Waals surface area contributed by atoms with E-state index in [2.05, 4.69) is 20.7 Å². The number of carbonyl (C=O) groups excluding carboxylic acids is 4. The fourth-order valence-electron chi connectivity index (χ4n) is 3.44. The molecule has 3 heterocycles. The summed E-state index contributed by atoms with van der Waals surface area (Å²) in [7, 11) is 1.77. The van der Waals surface area contributed by atoms with E-state index in [9.17, 15) is 19.2 Å². The van der Waals surface area contributed by atoms with Crippen molar-refractivity contribution >= 4 is 29.3 Å². The molecule has 27 heavy (non-hydrogen) atoms. The van der Waals surface area contributed by atoms with Crippen LogP contribution in [0.15, 0.2) is 24.4 Å². The molecule has 0 spiro atoms. The van der Waals surface area contributed by atoms with Gasteiger partial charge in [-0.15, -0.1) is 0 Å². The van der Waals surface area contributed by atoms with Crippen LogP contribution in [0.4, 0.5) is 5.69 Å². The SMILES string of the molecule is CN(Cc1cn[nH]n1)c1cccc2c1C(=O)N(C1CCC(=O)NC1=O)C2=O. The largest absolute Gasteiger partial charge is 0.368 e. The molecule has 0 bridgehead atoms. The first kappa shape index (κ1) is 16.9. The van der Waals surface area contributed by atoms with Gasteiger partial charge in [0.05, 0.1) is 29.6 Å². The quantitative estimate of drug-likeness (QED) is 0.718. The molecule has 4 rings (SSSR count). The van der Waals surface area contributed by atoms with E-state index in [1.807, 2.05) is 0 Å². The Kier molecular flexibility index (Phi) is 3.94. The summed E-state index contributed by atoms with van der Waals surface area (Å²) in [6, 6.07) is 4.00. The van der Waals surface area contributed by atoms with Crippen molar-refractivity contribution in [1.82, 2.24) is 25.6 Å². The Morgan fingerprint density at radius 2 is 2.04 bits per heavy atom. The number of hydrogen-bond acceptors (Lipinski definition) is 7. The van der Waals surface area contributed by atoms with E-state index in [1.54, 1.807) is 36.3 Å². The van der Waals surface area contributed by atoms with Gasteiger partial charge in [0.1, 0.15) is 11.7 Å². The van der Waals surface area contributed by atoms with Gasteiger partial charge in [0.25, 0.3) is 11.8 Å². The molecule has 1 saturated heterocycles. The van der Waals surface area contributed by atoms with Gasteiger partial charge in [-0.3, -0.25) is 29.4 Å². The van der Waals surface area contributed by atoms with Crippen LogP contribution in [0.1, 0.15) is 39.3 Å². The molecular weight excluding hydrogens is 352 g/mol. The topological polar surface area (TPSA) is 128 Å². The van der Waals surface area contributed by atoms with Crippen LogP contribution in [0.2, 0.25) is 0 Å². The Balaban J connectivity index is 1.67. The number of nitrogens with zero attached hydrogens (tertiary/aromatic N) is 4. The van der Waals surface area contributed by atoms with Gasteiger partial charge < -0.3 is 4.90 Å². The standard InChI is InChI=1S/C17H16N6O4/c1-22(8-9-7-18-21-20-9)11-4-2-3-10-14(11)17(27)23(16(10)26)12-5-6-13(24)19-15(12)25/h2-4,7,12H,5-6,8H2,1H3,(H,18,20,21)(H,19,24,25). The first-order valence-corrected chi connectivity index (χ1v) is 8.37. The summed E-state index contributed by atoms with van der Waals surface area (Å²) < 4.78 is 0. The average molecular weight is 368 g/mol. The third-order valence-corrected chi connectivity index (χ3v) is 4.72. The normalized spacial score (nSPS) is 19.3. The molecule has 10 nitrogen and oxygen atoms in total. The van der Waals surface area contributed by atoms with E-state index in [1.165, 1.54) is 0 Å². The summed E-state index contributed by atoms with van der Waals surface area (Å²) >= 11 is 0. The van der Waals surface area contributed by atoms with Crippen molar-refractivity contribution in [3.05, 3.63) is 41.2 Å². The summed E-state index contributed by atoms with van der Waals surface area (Å²) in [5, 5.41) is 12.5. The zero-order chi connectivity index (χ0) is 19.1. The second-order valence-corrected chi connectivity index (χ2v) is 6.46. The first-order valence-electron chi connectivity index (χ1n) is 8.37. The van der Waals surface area contributed by atoms with E-state index in [4.69, 9.17) is 0 Å². The molecular formula is C17H16N6O4. The molecule has 138 valence electrons. The lowest BCUT2D eigenvalue weighted by molar-refractivity contribution is -0.136. The third kappa shape index (κ3) is 2.75. The monoisotopic (exact) mass is 368 g/mol. The zero-order valence-corrected chi connectivity index (χ0v) is 14.4. The second kappa shape index (κ2) is 6.31. The summed E-state index contributed by atoms with van der Waals surface area (Å²) in [4.78, 5) is 52.1. The molecule has 2 N–H and O–H groups in total. The Morgan fingerprint density at radius 1 is 1.22 bits per heavy atom. The Morgan fingerprint density at radius 3 is 2.74 bits per heavy atom. The van der Waals surface area contributed by atoms with Crippen LogP contribution in [0.3, 0.4) is 0 Å². The molecule has 1 fully saturated rings. The van der Waals surface area contributed by atoms with Crippen molar-refractivity contribution in [2.45, 2.75) is 25.4 Å². The number of nitrogens with one attached hydrogen (secondary N) is 2. The number of fused-ring (bicyclic) bond motifs is 1. The van der Waals surface area contributed by atoms with Crippen molar-refractivity contribution in [2.75, 3.05) is 11.9 Å². The second-order valence-electron chi connectivity index (χ2n) is 6.46. The number of H-pyrrole nitrogens is 1. The maximum Gasteiger partial charge on any atom is 0.264 e. The number of piperidine rings is 1. The highest BCUT2D eigenvalue weighted by Gasteiger charge is 2.45. The van der Waals surface area contributed by atoms with Crippen LogP contribution in [0.5, 0.6) is 0 Å². The van der Waals surface area contributed by atoms with Gasteiger partial charge in [0.15, 0.2) is 0 Å². The van der Waals surface area contributed by atoms with Crippen LogP contribution < -0.4 is 10.2 Å². The average Bonchev–Trinajstić information content (AvgIpc) is 3.23. The Hall–Kier alpha value is -3.56. The van der Waals surface area contributed by atoms with Crippen molar-refractivity contribution < 1.29 is 19.2 Å². The summed E-state index contributed by atoms with van der Waals surface area (Å²) in [6.45, 7) is 0.382. The van der Waals surface area contributed by atoms with Crippen LogP contribution in [-0.4, -0.2) is 57.0 Å². The first-order chi connectivity index (χ1) is 13.0. The van der Waals surface area contributed by atoms with Gasteiger partial charge in [-0.2, -0.15) is 15.4 Å². The number of imide groups is 2. The van der Waals surface area contributed by atoms with Crippen LogP contribution in [0.25, 0.3) is 0 Å². The highest BCUT2D eigenvalue weighted by atomic mass is 16.2. The number of benzene rings is 1. The smallest absolute Gasteiger partial charge is 0.264 e. The van der Waals surface area contributed by atoms with Crippen LogP contribution in [-0.2, 0) is 16.1 Å². The molecule has 4 amide bonds. The Bertz CT molecular complexity index is 954. The van der Waals surface area contributed by atoms with E-state index >= 15 is 0 Å². The number of hydrogen-bond donors (Lipinski definition) is 2. The number of aromatic nitrogens is 3. The van der Waals surface area contributed by atoms with Crippen LogP contribution in [0, 0.1) is 0 Å². The molecule has 2 aliphatic heterocycles. The number of amides is 4. The summed E-state index contributed by atoms with van der Waals surface area (Å²) in [5.74, 6) is -2.09. The molecule has 1 unspecified atom stereocenters. The summed E-state index contributed by atoms with van der Waals surface area (Å²) in [5.41, 5.74) is 1.73. The van der Waals surface area contributed by atoms with Crippen molar-refractivity contribution in [2.24, 2.45) is 0 Å². The van der Waals surface area contributed by atoms with Gasteiger partial charge in [0.2, 0.25) is 11.8 Å². The lowest BCUT2D eigenvalue weighted by Crippen LogP contribution is -2.54. The third-order valence-electron chi connectivity index (χ3n) is 4.72. The van der Waals surface area contributed by atoms with Gasteiger partial charge in [-0.05, 0) is 18.6 Å². The highest BCUT2D eigenvalue weighted by molar-refractivity contribution is 6.25. The lowest BCUT2D eigenvalue weighted by atomic mass is 10.0. The molecule has 1 aromatic heterocycles. The molecule has 1 aromatic carbocycles. The lowest BCUT2D eigenvalue weighted by Gasteiger charge is -2.28. The number of carbonyl (C=O) groups is 4. The predicted octanol–water partition coefficient (Wildman–Crippen LogP) is -0.158. The molecule has 1 atom stereocenters. The number of rotatable bonds is 4. The molecule has 0 radical (unpaired) electrons. The van der Waals surface area contributed by atoms with Crippen LogP contribution >= 0.6 is 0 Å². The zero-order valence-electron chi connectivity index (χ0n) is 14.4. The molecule has 2 aliphatic rings. The Labute approximate surface area is 153 Å². The fourth-order valence-corrected chi connectivity index (χ4v) is 3.44. The molecule has 10 heteroatoms. The minimum Gasteiger partial charge on any atom is -0.368 e. The van der Waals surface area contributed by atoms with Gasteiger partial charge in [-0.1, -0.05) is 6.07 Å². The van der Waals surface area contributed by atoms with Gasteiger partial charge >= 0.3 is 0 Å². The van der Waals surface area contributed by atoms with E-state index in [0.29, 0.717) is 17.9 Å². The summed E-state index contributed by atoms with van der Waals surface area (Å²) in [6.07, 6.45) is 1.78. The minimum atomic E-state index is -0.983. The highest BCUT2D eigenvalue weighted by Crippen LogP contribution is 2.34. The van der Waals surface area contributed by atoms with Gasteiger partial charge in [-0.25, -0.2) is 0 Å². The minimum absolute atomic E-state index is 0.0860. The van der Waals surface area contributed by atoms with Crippen molar-refractivity contribution in [3.63, 3.8) is 0 Å². The van der Waals surface area contributed by atoms with Crippen molar-refractivity contribution in [3.8, 4) is 0 Å². The fraction of sp³-hybridized carbons (Fsp3) is 0.294. The maximum absolute atomic E-state index is 13.0. The molecule has 0 aliphatic carbocycles. The van der Waals surface area contributed by atoms with Gasteiger partial charge in [0, 0.05) is 13.5 Å². The maximum atomic E-state index is 13.0. The number of anilines is 1. The van der Waals surface area contributed by atoms with E-state index in [0.717, 1.165) is 4.90 Å². The number of aromatic amines is 1. The molecule has 0 saturated carbocycles. The molecule has 2 aromatic rings. The van der Waals surface area contributed by atoms with E-state index in [-0.39, 0.29) is 24.0 Å².